The summed E-state index contributed by atoms with van der Waals surface area (Å²) in [6, 6.07) is 13.0. The van der Waals surface area contributed by atoms with E-state index in [9.17, 15) is 9.18 Å². The summed E-state index contributed by atoms with van der Waals surface area (Å²) in [6.45, 7) is 2.60. The average Bonchev–Trinajstić information content (AvgIpc) is 3.09. The predicted molar refractivity (Wildman–Crippen MR) is 109 cm³/mol. The van der Waals surface area contributed by atoms with Crippen LogP contribution < -0.4 is 0 Å². The number of thiazole rings is 1. The minimum absolute atomic E-state index is 0.109. The molecule has 1 amide bonds. The highest BCUT2D eigenvalue weighted by Crippen LogP contribution is 2.32. The second-order valence-electron chi connectivity index (χ2n) is 6.75. The van der Waals surface area contributed by atoms with Crippen molar-refractivity contribution in [3.63, 3.8) is 0 Å². The molecule has 0 radical (unpaired) electrons. The summed E-state index contributed by atoms with van der Waals surface area (Å²) < 4.78 is 21.2. The van der Waals surface area contributed by atoms with Crippen molar-refractivity contribution in [2.24, 2.45) is 5.92 Å². The maximum atomic E-state index is 13.4. The molecule has 1 aliphatic heterocycles. The average molecular weight is 402 g/mol. The Morgan fingerprint density at radius 1 is 1.30 bits per heavy atom. The van der Waals surface area contributed by atoms with Crippen LogP contribution in [0.4, 0.5) is 9.18 Å². The first-order valence-corrected chi connectivity index (χ1v) is 10.2. The van der Waals surface area contributed by atoms with E-state index in [2.05, 4.69) is 33.4 Å². The first-order valence-electron chi connectivity index (χ1n) is 8.91. The van der Waals surface area contributed by atoms with Crippen LogP contribution in [0.15, 0.2) is 42.5 Å². The van der Waals surface area contributed by atoms with Crippen LogP contribution in [0.3, 0.4) is 0 Å². The Kier molecular flexibility index (Phi) is 5.11. The molecular weight excluding hydrogens is 382 g/mol. The van der Waals surface area contributed by atoms with E-state index < -0.39 is 0 Å². The number of ether oxygens (including phenoxy) is 1. The van der Waals surface area contributed by atoms with Crippen molar-refractivity contribution < 1.29 is 13.9 Å². The summed E-state index contributed by atoms with van der Waals surface area (Å²) in [6.07, 6.45) is 1.46. The Morgan fingerprint density at radius 2 is 2.07 bits per heavy atom. The summed E-state index contributed by atoms with van der Waals surface area (Å²) in [7, 11) is 2.50. The second kappa shape index (κ2) is 7.53. The van der Waals surface area contributed by atoms with Crippen molar-refractivity contribution in [3.8, 4) is 10.6 Å². The van der Waals surface area contributed by atoms with Gasteiger partial charge in [-0.1, -0.05) is 31.2 Å². The minimum Gasteiger partial charge on any atom is -0.449 e. The summed E-state index contributed by atoms with van der Waals surface area (Å²) in [4.78, 5) is 16.4. The van der Waals surface area contributed by atoms with Crippen molar-refractivity contribution in [1.29, 1.82) is 0 Å². The lowest BCUT2D eigenvalue weighted by molar-refractivity contribution is 0.0441. The van der Waals surface area contributed by atoms with E-state index >= 15 is 0 Å². The number of aromatic nitrogens is 1. The molecule has 1 aromatic heterocycles. The predicted octanol–water partition coefficient (Wildman–Crippen LogP) is 5.28. The first kappa shape index (κ1) is 18.3. The van der Waals surface area contributed by atoms with Crippen LogP contribution >= 0.6 is 20.7 Å². The number of halogens is 1. The molecule has 1 saturated heterocycles. The van der Waals surface area contributed by atoms with Gasteiger partial charge in [-0.3, -0.25) is 4.67 Å². The molecule has 0 N–H and O–H groups in total. The highest BCUT2D eigenvalue weighted by Gasteiger charge is 2.34. The van der Waals surface area contributed by atoms with Crippen LogP contribution in [0.25, 0.3) is 20.8 Å². The molecular formula is C20H20FN2O2PS. The second-order valence-corrected chi connectivity index (χ2v) is 8.34. The molecule has 0 bridgehead atoms. The third-order valence-electron chi connectivity index (χ3n) is 5.05. The zero-order valence-corrected chi connectivity index (χ0v) is 16.9. The summed E-state index contributed by atoms with van der Waals surface area (Å²) >= 11 is 1.55. The van der Waals surface area contributed by atoms with Crippen molar-refractivity contribution >= 4 is 37.0 Å². The van der Waals surface area contributed by atoms with Crippen molar-refractivity contribution in [2.45, 2.75) is 25.8 Å². The topological polar surface area (TPSA) is 42.4 Å². The van der Waals surface area contributed by atoms with Gasteiger partial charge in [0.2, 0.25) is 0 Å². The largest absolute Gasteiger partial charge is 0.449 e. The Balaban J connectivity index is 1.55. The number of cyclic esters (lactones) is 1. The van der Waals surface area contributed by atoms with Crippen LogP contribution in [-0.2, 0) is 11.2 Å². The zero-order chi connectivity index (χ0) is 19.0. The van der Waals surface area contributed by atoms with Gasteiger partial charge in [0.1, 0.15) is 10.8 Å². The van der Waals surface area contributed by atoms with Gasteiger partial charge in [-0.05, 0) is 39.9 Å². The van der Waals surface area contributed by atoms with Gasteiger partial charge in [0, 0.05) is 23.6 Å². The SMILES string of the molecule is CCC1COC(=O)N(P)C1Cc1ccc(-c2nc3cc(F)ccc3s2)cc1. The number of hydrogen-bond acceptors (Lipinski definition) is 4. The zero-order valence-electron chi connectivity index (χ0n) is 14.9. The van der Waals surface area contributed by atoms with Crippen LogP contribution in [0.5, 0.6) is 0 Å². The first-order chi connectivity index (χ1) is 13.0. The molecule has 0 saturated carbocycles. The molecule has 0 aliphatic carbocycles. The quantitative estimate of drug-likeness (QED) is 0.558. The highest BCUT2D eigenvalue weighted by atomic mass is 32.1. The van der Waals surface area contributed by atoms with E-state index in [-0.39, 0.29) is 18.0 Å². The van der Waals surface area contributed by atoms with Gasteiger partial charge in [0.15, 0.2) is 0 Å². The lowest BCUT2D eigenvalue weighted by Crippen LogP contribution is -2.46. The number of nitrogens with zero attached hydrogens (tertiary/aromatic N) is 2. The van der Waals surface area contributed by atoms with Gasteiger partial charge in [0.25, 0.3) is 0 Å². The molecule has 0 spiro atoms. The molecule has 1 fully saturated rings. The number of carbonyl (C=O) groups is 1. The number of fused-ring (bicyclic) bond motifs is 1. The Morgan fingerprint density at radius 3 is 2.81 bits per heavy atom. The molecule has 1 aliphatic rings. The van der Waals surface area contributed by atoms with Crippen LogP contribution in [0.1, 0.15) is 18.9 Å². The lowest BCUT2D eigenvalue weighted by Gasteiger charge is -2.37. The van der Waals surface area contributed by atoms with Gasteiger partial charge < -0.3 is 4.74 Å². The van der Waals surface area contributed by atoms with E-state index in [0.29, 0.717) is 18.0 Å². The standard InChI is InChI=1S/C20H20FN2O2PS/c1-2-13-11-25-20(24)23(26)17(13)9-12-3-5-14(6-4-12)19-22-16-10-15(21)7-8-18(16)27-19/h3-8,10,13,17H,2,9,11,26H2,1H3. The number of carbonyl (C=O) groups excluding carboxylic acids is 1. The normalized spacial score (nSPS) is 20.1. The van der Waals surface area contributed by atoms with Gasteiger partial charge >= 0.3 is 6.09 Å². The number of rotatable bonds is 4. The highest BCUT2D eigenvalue weighted by molar-refractivity contribution is 7.21. The molecule has 2 heterocycles. The monoisotopic (exact) mass is 402 g/mol. The van der Waals surface area contributed by atoms with Gasteiger partial charge in [-0.15, -0.1) is 11.3 Å². The van der Waals surface area contributed by atoms with Gasteiger partial charge in [0.05, 0.1) is 16.8 Å². The van der Waals surface area contributed by atoms with Crippen LogP contribution in [0.2, 0.25) is 0 Å². The fraction of sp³-hybridized carbons (Fsp3) is 0.300. The summed E-state index contributed by atoms with van der Waals surface area (Å²) in [5.74, 6) is 0.0483. The van der Waals surface area contributed by atoms with Gasteiger partial charge in [-0.25, -0.2) is 14.2 Å². The van der Waals surface area contributed by atoms with Gasteiger partial charge in [-0.2, -0.15) is 0 Å². The molecule has 3 unspecified atom stereocenters. The number of benzene rings is 2. The van der Waals surface area contributed by atoms with E-state index in [1.807, 2.05) is 12.1 Å². The van der Waals surface area contributed by atoms with Crippen LogP contribution in [-0.4, -0.2) is 28.4 Å². The number of amides is 1. The van der Waals surface area contributed by atoms with Crippen molar-refractivity contribution in [1.82, 2.24) is 9.65 Å². The van der Waals surface area contributed by atoms with Crippen LogP contribution in [0, 0.1) is 11.7 Å². The van der Waals surface area contributed by atoms with Crippen molar-refractivity contribution in [2.75, 3.05) is 6.61 Å². The molecule has 4 nitrogen and oxygen atoms in total. The summed E-state index contributed by atoms with van der Waals surface area (Å²) in [5.41, 5.74) is 2.86. The third-order valence-corrected chi connectivity index (χ3v) is 6.73. The molecule has 3 aromatic rings. The third kappa shape index (κ3) is 3.69. The Hall–Kier alpha value is -2.04. The molecule has 4 rings (SSSR count). The maximum Gasteiger partial charge on any atom is 0.412 e. The van der Waals surface area contributed by atoms with E-state index in [4.69, 9.17) is 4.74 Å². The minimum atomic E-state index is -0.284. The fourth-order valence-electron chi connectivity index (χ4n) is 3.43. The summed E-state index contributed by atoms with van der Waals surface area (Å²) in [5, 5.41) is 0.877. The van der Waals surface area contributed by atoms with E-state index in [0.717, 1.165) is 33.7 Å². The molecule has 2 aromatic carbocycles. The molecule has 27 heavy (non-hydrogen) atoms. The van der Waals surface area contributed by atoms with E-state index in [1.165, 1.54) is 12.1 Å². The van der Waals surface area contributed by atoms with E-state index in [1.54, 1.807) is 22.1 Å². The lowest BCUT2D eigenvalue weighted by atomic mass is 9.91. The number of hydrogen-bond donors (Lipinski definition) is 0. The smallest absolute Gasteiger partial charge is 0.412 e. The Labute approximate surface area is 163 Å². The van der Waals surface area contributed by atoms with Crippen molar-refractivity contribution in [3.05, 3.63) is 53.8 Å². The fourth-order valence-corrected chi connectivity index (χ4v) is 4.81. The molecule has 3 atom stereocenters. The molecule has 7 heteroatoms. The maximum absolute atomic E-state index is 13.4. The molecule has 140 valence electrons. The Bertz CT molecular complexity index is 976.